The summed E-state index contributed by atoms with van der Waals surface area (Å²) >= 11 is 6.33. The molecule has 2 aromatic rings. The summed E-state index contributed by atoms with van der Waals surface area (Å²) in [5, 5.41) is 0.122. The minimum atomic E-state index is -3.82. The molecule has 31 heavy (non-hydrogen) atoms. The van der Waals surface area contributed by atoms with Crippen LogP contribution < -0.4 is 0 Å². The zero-order valence-corrected chi connectivity index (χ0v) is 18.8. The average Bonchev–Trinajstić information content (AvgIpc) is 2.65. The summed E-state index contributed by atoms with van der Waals surface area (Å²) in [4.78, 5) is 22.0. The number of ketones is 1. The first kappa shape index (κ1) is 21.6. The molecule has 0 saturated heterocycles. The number of pyridine rings is 1. The number of aliphatic imine (C=N–C) groups is 1. The van der Waals surface area contributed by atoms with E-state index in [2.05, 4.69) is 9.98 Å². The molecule has 4 rings (SSSR count). The minimum Gasteiger partial charge on any atom is -0.294 e. The number of carbonyl (C=O) groups excluding carboxylic acids is 1. The van der Waals surface area contributed by atoms with Crippen molar-refractivity contribution in [2.24, 2.45) is 10.4 Å². The largest absolute Gasteiger partial charge is 0.294 e. The molecule has 1 atom stereocenters. The second-order valence-electron chi connectivity index (χ2n) is 8.59. The van der Waals surface area contributed by atoms with Gasteiger partial charge in [0.15, 0.2) is 11.6 Å². The average molecular weight is 462 g/mol. The quantitative estimate of drug-likeness (QED) is 0.683. The third kappa shape index (κ3) is 4.02. The number of hydrogen-bond donors (Lipinski definition) is 0. The zero-order chi connectivity index (χ0) is 22.6. The van der Waals surface area contributed by atoms with Crippen molar-refractivity contribution in [3.05, 3.63) is 76.0 Å². The molecule has 2 heterocycles. The van der Waals surface area contributed by atoms with Gasteiger partial charge in [-0.3, -0.25) is 14.8 Å². The molecule has 0 bridgehead atoms. The summed E-state index contributed by atoms with van der Waals surface area (Å²) in [5.74, 6) is -0.548. The van der Waals surface area contributed by atoms with Crippen LogP contribution in [0.25, 0.3) is 0 Å². The van der Waals surface area contributed by atoms with Crippen LogP contribution >= 0.6 is 11.6 Å². The maximum Gasteiger partial charge on any atom is 0.237 e. The van der Waals surface area contributed by atoms with E-state index in [1.807, 2.05) is 13.8 Å². The number of sulfonamides is 1. The van der Waals surface area contributed by atoms with Gasteiger partial charge in [0.1, 0.15) is 11.9 Å². The summed E-state index contributed by atoms with van der Waals surface area (Å²) in [5.41, 5.74) is 1.15. The van der Waals surface area contributed by atoms with Crippen molar-refractivity contribution in [1.29, 1.82) is 0 Å². The van der Waals surface area contributed by atoms with Gasteiger partial charge in [-0.1, -0.05) is 31.5 Å². The molecule has 0 unspecified atom stereocenters. The van der Waals surface area contributed by atoms with Crippen LogP contribution in [0.4, 0.5) is 4.39 Å². The fraction of sp³-hybridized carbons (Fsp3) is 0.318. The van der Waals surface area contributed by atoms with Crippen LogP contribution in [0.1, 0.15) is 43.9 Å². The highest BCUT2D eigenvalue weighted by molar-refractivity contribution is 7.89. The van der Waals surface area contributed by atoms with Gasteiger partial charge in [-0.25, -0.2) is 17.1 Å². The molecule has 0 fully saturated rings. The van der Waals surface area contributed by atoms with E-state index in [1.165, 1.54) is 18.3 Å². The lowest BCUT2D eigenvalue weighted by Gasteiger charge is -2.41. The van der Waals surface area contributed by atoms with Crippen molar-refractivity contribution in [3.63, 3.8) is 0 Å². The van der Waals surface area contributed by atoms with Crippen LogP contribution in [-0.2, 0) is 14.8 Å². The summed E-state index contributed by atoms with van der Waals surface area (Å²) in [6.07, 6.45) is 4.78. The number of amidine groups is 1. The molecule has 9 heteroatoms. The van der Waals surface area contributed by atoms with Crippen LogP contribution in [0.15, 0.2) is 59.0 Å². The number of hydrogen-bond acceptors (Lipinski definition) is 5. The molecule has 0 amide bonds. The van der Waals surface area contributed by atoms with E-state index in [9.17, 15) is 17.6 Å². The first-order valence-electron chi connectivity index (χ1n) is 9.68. The Morgan fingerprint density at radius 3 is 2.58 bits per heavy atom. The van der Waals surface area contributed by atoms with E-state index in [0.29, 0.717) is 23.2 Å². The number of Topliss-reactive ketones (excluding diaryl/α,β-unsaturated/α-hetero) is 1. The van der Waals surface area contributed by atoms with Gasteiger partial charge >= 0.3 is 0 Å². The fourth-order valence-corrected chi connectivity index (χ4v) is 5.45. The number of nitrogens with zero attached hydrogens (tertiary/aromatic N) is 3. The molecule has 6 nitrogen and oxygen atoms in total. The highest BCUT2D eigenvalue weighted by atomic mass is 35.5. The molecular formula is C22H21ClFN3O3S. The Kier molecular flexibility index (Phi) is 5.26. The zero-order valence-electron chi connectivity index (χ0n) is 17.3. The molecular weight excluding hydrogens is 441 g/mol. The van der Waals surface area contributed by atoms with E-state index in [0.717, 1.165) is 16.6 Å². The maximum absolute atomic E-state index is 13.7. The lowest BCUT2D eigenvalue weighted by molar-refractivity contribution is -0.118. The predicted molar refractivity (Wildman–Crippen MR) is 117 cm³/mol. The van der Waals surface area contributed by atoms with Gasteiger partial charge in [0, 0.05) is 46.2 Å². The first-order valence-corrected chi connectivity index (χ1v) is 11.9. The SMILES string of the molecule is CC1(C)CC(=O)C2=C(C1)N(S(C)(=O)=O)C(c1cccnc1)=N[C@@H]2c1ccc(F)cc1Cl. The molecule has 1 aromatic carbocycles. The molecule has 0 spiro atoms. The Bertz CT molecular complexity index is 1240. The summed E-state index contributed by atoms with van der Waals surface area (Å²) in [7, 11) is -3.82. The Morgan fingerprint density at radius 2 is 1.97 bits per heavy atom. The monoisotopic (exact) mass is 461 g/mol. The molecule has 2 aliphatic rings. The molecule has 0 saturated carbocycles. The number of aromatic nitrogens is 1. The summed E-state index contributed by atoms with van der Waals surface area (Å²) in [6, 6.07) is 6.44. The number of rotatable bonds is 3. The normalized spacial score (nSPS) is 21.1. The van der Waals surface area contributed by atoms with E-state index in [4.69, 9.17) is 11.6 Å². The number of benzene rings is 1. The van der Waals surface area contributed by atoms with Crippen LogP contribution in [0, 0.1) is 11.2 Å². The van der Waals surface area contributed by atoms with E-state index >= 15 is 0 Å². The van der Waals surface area contributed by atoms with Gasteiger partial charge in [0.05, 0.1) is 6.26 Å². The Balaban J connectivity index is 2.03. The van der Waals surface area contributed by atoms with Crippen molar-refractivity contribution in [2.75, 3.05) is 6.26 Å². The fourth-order valence-electron chi connectivity index (χ4n) is 4.15. The third-order valence-electron chi connectivity index (χ3n) is 5.37. The van der Waals surface area contributed by atoms with E-state index in [1.54, 1.807) is 18.3 Å². The molecule has 1 aliphatic heterocycles. The number of halogens is 2. The lowest BCUT2D eigenvalue weighted by atomic mass is 9.73. The molecule has 1 aliphatic carbocycles. The van der Waals surface area contributed by atoms with Crippen LogP contribution in [0.2, 0.25) is 5.02 Å². The topological polar surface area (TPSA) is 79.7 Å². The standard InChI is InChI=1S/C22H21ClFN3O3S/c1-22(2)10-17-19(18(28)11-22)20(15-7-6-14(24)9-16(15)23)26-21(27(17)31(3,29)30)13-5-4-8-25-12-13/h4-9,12,20H,10-11H2,1-3H3/t20-/m1/s1. The minimum absolute atomic E-state index is 0.122. The second-order valence-corrected chi connectivity index (χ2v) is 10.8. The highest BCUT2D eigenvalue weighted by Gasteiger charge is 2.45. The summed E-state index contributed by atoms with van der Waals surface area (Å²) in [6.45, 7) is 3.84. The van der Waals surface area contributed by atoms with Crippen LogP contribution in [-0.4, -0.2) is 35.6 Å². The Hall–Kier alpha value is -2.58. The third-order valence-corrected chi connectivity index (χ3v) is 6.75. The van der Waals surface area contributed by atoms with Gasteiger partial charge in [-0.2, -0.15) is 0 Å². The van der Waals surface area contributed by atoms with Gasteiger partial charge in [-0.05, 0) is 36.1 Å². The van der Waals surface area contributed by atoms with Crippen molar-refractivity contribution < 1.29 is 17.6 Å². The highest BCUT2D eigenvalue weighted by Crippen LogP contribution is 2.48. The lowest BCUT2D eigenvalue weighted by Crippen LogP contribution is -2.45. The van der Waals surface area contributed by atoms with Gasteiger partial charge in [0.25, 0.3) is 0 Å². The van der Waals surface area contributed by atoms with Crippen LogP contribution in [0.5, 0.6) is 0 Å². The summed E-state index contributed by atoms with van der Waals surface area (Å²) < 4.78 is 40.6. The number of allylic oxidation sites excluding steroid dienone is 1. The predicted octanol–water partition coefficient (Wildman–Crippen LogP) is 4.28. The molecule has 0 N–H and O–H groups in total. The van der Waals surface area contributed by atoms with Gasteiger partial charge < -0.3 is 0 Å². The van der Waals surface area contributed by atoms with Gasteiger partial charge in [-0.15, -0.1) is 0 Å². The van der Waals surface area contributed by atoms with Crippen molar-refractivity contribution >= 4 is 33.2 Å². The Morgan fingerprint density at radius 1 is 1.23 bits per heavy atom. The van der Waals surface area contributed by atoms with E-state index < -0.39 is 27.3 Å². The van der Waals surface area contributed by atoms with Crippen LogP contribution in [0.3, 0.4) is 0 Å². The van der Waals surface area contributed by atoms with Crippen molar-refractivity contribution in [2.45, 2.75) is 32.7 Å². The molecule has 1 aromatic heterocycles. The van der Waals surface area contributed by atoms with E-state index in [-0.39, 0.29) is 28.6 Å². The second kappa shape index (κ2) is 7.53. The van der Waals surface area contributed by atoms with Gasteiger partial charge in [0.2, 0.25) is 10.0 Å². The van der Waals surface area contributed by atoms with Crippen molar-refractivity contribution in [1.82, 2.24) is 9.29 Å². The molecule has 162 valence electrons. The maximum atomic E-state index is 13.7. The Labute approximate surface area is 185 Å². The smallest absolute Gasteiger partial charge is 0.237 e. The first-order chi connectivity index (χ1) is 14.5. The van der Waals surface area contributed by atoms with Crippen molar-refractivity contribution in [3.8, 4) is 0 Å². The molecule has 0 radical (unpaired) electrons. The number of carbonyl (C=O) groups is 1.